The van der Waals surface area contributed by atoms with Gasteiger partial charge in [0.15, 0.2) is 11.5 Å². The Morgan fingerprint density at radius 2 is 1.93 bits per heavy atom. The van der Waals surface area contributed by atoms with E-state index in [-0.39, 0.29) is 31.4 Å². The van der Waals surface area contributed by atoms with Gasteiger partial charge in [-0.05, 0) is 25.1 Å². The number of amides is 1. The van der Waals surface area contributed by atoms with Gasteiger partial charge >= 0.3 is 11.9 Å². The number of hydrogen-bond acceptors (Lipinski definition) is 8. The molecule has 0 aromatic heterocycles. The molecule has 0 N–H and O–H groups in total. The van der Waals surface area contributed by atoms with E-state index in [1.54, 1.807) is 19.1 Å². The Balaban J connectivity index is 1.95. The van der Waals surface area contributed by atoms with Gasteiger partial charge in [-0.3, -0.25) is 4.79 Å². The summed E-state index contributed by atoms with van der Waals surface area (Å²) in [6.07, 6.45) is 1.27. The van der Waals surface area contributed by atoms with Crippen molar-refractivity contribution >= 4 is 29.6 Å². The van der Waals surface area contributed by atoms with Crippen molar-refractivity contribution in [3.8, 4) is 11.5 Å². The Bertz CT molecular complexity index is 747. The molecule has 1 aromatic carbocycles. The van der Waals surface area contributed by atoms with Gasteiger partial charge in [-0.2, -0.15) is 0 Å². The van der Waals surface area contributed by atoms with Gasteiger partial charge in [0, 0.05) is 0 Å². The zero-order chi connectivity index (χ0) is 19.8. The number of benzene rings is 1. The number of nitrogens with zero attached hydrogens (tertiary/aromatic N) is 1. The molecule has 1 aliphatic rings. The van der Waals surface area contributed by atoms with Crippen molar-refractivity contribution in [2.24, 2.45) is 0 Å². The molecule has 1 heterocycles. The van der Waals surface area contributed by atoms with Crippen LogP contribution in [0.5, 0.6) is 11.5 Å². The summed E-state index contributed by atoms with van der Waals surface area (Å²) in [5, 5.41) is 0.487. The highest BCUT2D eigenvalue weighted by molar-refractivity contribution is 8.04. The van der Waals surface area contributed by atoms with Gasteiger partial charge in [0.1, 0.15) is 6.61 Å². The topological polar surface area (TPSA) is 91.4 Å². The van der Waals surface area contributed by atoms with Gasteiger partial charge in [-0.1, -0.05) is 11.8 Å². The highest BCUT2D eigenvalue weighted by Crippen LogP contribution is 2.29. The van der Waals surface area contributed by atoms with Gasteiger partial charge in [0.2, 0.25) is 5.91 Å². The second kappa shape index (κ2) is 9.86. The fourth-order valence-electron chi connectivity index (χ4n) is 2.33. The molecule has 0 aliphatic carbocycles. The Morgan fingerprint density at radius 3 is 2.59 bits per heavy atom. The molecule has 2 rings (SSSR count). The second-order valence-corrected chi connectivity index (χ2v) is 6.27. The summed E-state index contributed by atoms with van der Waals surface area (Å²) >= 11 is 1.24. The Morgan fingerprint density at radius 1 is 1.19 bits per heavy atom. The number of ether oxygens (including phenoxy) is 4. The monoisotopic (exact) mass is 395 g/mol. The minimum absolute atomic E-state index is 0.0142. The van der Waals surface area contributed by atoms with E-state index in [4.69, 9.17) is 18.9 Å². The summed E-state index contributed by atoms with van der Waals surface area (Å²) in [4.78, 5) is 37.1. The molecule has 1 saturated heterocycles. The zero-order valence-electron chi connectivity index (χ0n) is 15.4. The predicted octanol–water partition coefficient (Wildman–Crippen LogP) is 1.84. The standard InChI is InChI=1S/C18H21NO7S/c1-4-25-17(21)10-16-19(15(20)11-27-16)7-8-26-18(22)12-5-6-13(23-2)14(9-12)24-3/h5-6,9-10H,4,7-8,11H2,1-3H3/b16-10-. The largest absolute Gasteiger partial charge is 0.493 e. The van der Waals surface area contributed by atoms with Crippen LogP contribution in [-0.4, -0.2) is 62.5 Å². The lowest BCUT2D eigenvalue weighted by Crippen LogP contribution is -2.29. The first kappa shape index (κ1) is 20.6. The van der Waals surface area contributed by atoms with Crippen LogP contribution in [-0.2, 0) is 19.1 Å². The Labute approximate surface area is 161 Å². The molecule has 9 heteroatoms. The number of esters is 2. The van der Waals surface area contributed by atoms with Crippen LogP contribution in [0.1, 0.15) is 17.3 Å². The van der Waals surface area contributed by atoms with E-state index in [9.17, 15) is 14.4 Å². The van der Waals surface area contributed by atoms with Gasteiger partial charge in [-0.15, -0.1) is 0 Å². The molecule has 0 spiro atoms. The second-order valence-electron chi connectivity index (χ2n) is 5.27. The number of thioether (sulfide) groups is 1. The average Bonchev–Trinajstić information content (AvgIpc) is 3.00. The first-order valence-electron chi connectivity index (χ1n) is 8.21. The average molecular weight is 395 g/mol. The molecule has 146 valence electrons. The maximum atomic E-state index is 12.2. The number of carbonyl (C=O) groups is 3. The van der Waals surface area contributed by atoms with Crippen molar-refractivity contribution in [3.05, 3.63) is 34.9 Å². The number of carbonyl (C=O) groups excluding carboxylic acids is 3. The number of methoxy groups -OCH3 is 2. The molecule has 27 heavy (non-hydrogen) atoms. The quantitative estimate of drug-likeness (QED) is 0.486. The highest BCUT2D eigenvalue weighted by Gasteiger charge is 2.27. The summed E-state index contributed by atoms with van der Waals surface area (Å²) in [7, 11) is 2.98. The lowest BCUT2D eigenvalue weighted by molar-refractivity contribution is -0.137. The molecule has 0 unspecified atom stereocenters. The molecule has 0 bridgehead atoms. The lowest BCUT2D eigenvalue weighted by Gasteiger charge is -2.17. The summed E-state index contributed by atoms with van der Waals surface area (Å²) in [6.45, 7) is 2.09. The van der Waals surface area contributed by atoms with Crippen LogP contribution in [0.25, 0.3) is 0 Å². The summed E-state index contributed by atoms with van der Waals surface area (Å²) in [5.74, 6) is -0.0689. The fourth-order valence-corrected chi connectivity index (χ4v) is 3.29. The molecule has 1 aromatic rings. The van der Waals surface area contributed by atoms with Crippen molar-refractivity contribution in [2.75, 3.05) is 39.7 Å². The minimum atomic E-state index is -0.550. The van der Waals surface area contributed by atoms with E-state index in [1.165, 1.54) is 43.0 Å². The maximum Gasteiger partial charge on any atom is 0.338 e. The van der Waals surface area contributed by atoms with Crippen molar-refractivity contribution in [1.82, 2.24) is 4.90 Å². The van der Waals surface area contributed by atoms with Crippen molar-refractivity contribution in [1.29, 1.82) is 0 Å². The van der Waals surface area contributed by atoms with Crippen LogP contribution in [0.15, 0.2) is 29.3 Å². The SMILES string of the molecule is CCOC(=O)/C=C1\SCC(=O)N1CCOC(=O)c1ccc(OC)c(OC)c1. The third kappa shape index (κ3) is 5.40. The first-order chi connectivity index (χ1) is 13.0. The van der Waals surface area contributed by atoms with Crippen molar-refractivity contribution in [3.63, 3.8) is 0 Å². The van der Waals surface area contributed by atoms with Gasteiger partial charge in [0.05, 0.1) is 49.8 Å². The molecule has 0 saturated carbocycles. The van der Waals surface area contributed by atoms with E-state index in [0.717, 1.165) is 0 Å². The Hall–Kier alpha value is -2.68. The van der Waals surface area contributed by atoms with Crippen molar-refractivity contribution < 1.29 is 33.3 Å². The van der Waals surface area contributed by atoms with Crippen LogP contribution in [0.4, 0.5) is 0 Å². The van der Waals surface area contributed by atoms with Gasteiger partial charge in [-0.25, -0.2) is 9.59 Å². The van der Waals surface area contributed by atoms with Crippen LogP contribution in [0, 0.1) is 0 Å². The fraction of sp³-hybridized carbons (Fsp3) is 0.389. The molecule has 8 nitrogen and oxygen atoms in total. The zero-order valence-corrected chi connectivity index (χ0v) is 16.2. The molecule has 1 aliphatic heterocycles. The number of hydrogen-bond donors (Lipinski definition) is 0. The van der Waals surface area contributed by atoms with Crippen LogP contribution < -0.4 is 9.47 Å². The van der Waals surface area contributed by atoms with Crippen LogP contribution >= 0.6 is 11.8 Å². The normalized spacial score (nSPS) is 15.0. The molecule has 1 amide bonds. The van der Waals surface area contributed by atoms with E-state index in [0.29, 0.717) is 22.1 Å². The van der Waals surface area contributed by atoms with E-state index in [1.807, 2.05) is 0 Å². The first-order valence-corrected chi connectivity index (χ1v) is 9.19. The minimum Gasteiger partial charge on any atom is -0.493 e. The molecular formula is C18H21NO7S. The van der Waals surface area contributed by atoms with Crippen LogP contribution in [0.3, 0.4) is 0 Å². The summed E-state index contributed by atoms with van der Waals surface area (Å²) in [5.41, 5.74) is 0.303. The molecular weight excluding hydrogens is 374 g/mol. The predicted molar refractivity (Wildman–Crippen MR) is 98.7 cm³/mol. The van der Waals surface area contributed by atoms with E-state index in [2.05, 4.69) is 0 Å². The molecule has 1 fully saturated rings. The summed E-state index contributed by atoms with van der Waals surface area (Å²) < 4.78 is 20.4. The van der Waals surface area contributed by atoms with Gasteiger partial charge in [0.25, 0.3) is 0 Å². The van der Waals surface area contributed by atoms with E-state index < -0.39 is 11.9 Å². The molecule has 0 radical (unpaired) electrons. The van der Waals surface area contributed by atoms with Crippen molar-refractivity contribution in [2.45, 2.75) is 6.92 Å². The number of rotatable bonds is 8. The maximum absolute atomic E-state index is 12.2. The smallest absolute Gasteiger partial charge is 0.338 e. The molecule has 0 atom stereocenters. The lowest BCUT2D eigenvalue weighted by atomic mass is 10.2. The van der Waals surface area contributed by atoms with Crippen LogP contribution in [0.2, 0.25) is 0 Å². The summed E-state index contributed by atoms with van der Waals surface area (Å²) in [6, 6.07) is 4.69. The highest BCUT2D eigenvalue weighted by atomic mass is 32.2. The third-order valence-electron chi connectivity index (χ3n) is 3.61. The third-order valence-corrected chi connectivity index (χ3v) is 4.63. The van der Waals surface area contributed by atoms with E-state index >= 15 is 0 Å². The van der Waals surface area contributed by atoms with Gasteiger partial charge < -0.3 is 23.8 Å². The Kier molecular flexibility index (Phi) is 7.54.